The van der Waals surface area contributed by atoms with E-state index in [1.807, 2.05) is 12.1 Å². The summed E-state index contributed by atoms with van der Waals surface area (Å²) in [6.07, 6.45) is 2.31. The van der Waals surface area contributed by atoms with E-state index in [4.69, 9.17) is 10.2 Å². The smallest absolute Gasteiger partial charge is 0.170 e. The summed E-state index contributed by atoms with van der Waals surface area (Å²) in [4.78, 5) is 0. The Morgan fingerprint density at radius 2 is 2.19 bits per heavy atom. The van der Waals surface area contributed by atoms with Gasteiger partial charge < -0.3 is 10.2 Å². The Kier molecular flexibility index (Phi) is 2.04. The zero-order chi connectivity index (χ0) is 11.3. The number of rotatable bonds is 2. The van der Waals surface area contributed by atoms with Gasteiger partial charge in [0.05, 0.1) is 6.04 Å². The molecule has 1 aromatic carbocycles. The second kappa shape index (κ2) is 3.32. The number of fused-ring (bicyclic) bond motifs is 1. The van der Waals surface area contributed by atoms with Crippen LogP contribution in [0.3, 0.4) is 0 Å². The monoisotopic (exact) mass is 219 g/mol. The normalized spacial score (nSPS) is 17.9. The lowest BCUT2D eigenvalue weighted by Gasteiger charge is -2.04. The summed E-state index contributed by atoms with van der Waals surface area (Å²) in [6, 6.07) is 5.42. The molecule has 2 nitrogen and oxygen atoms in total. The Balaban J connectivity index is 2.11. The zero-order valence-corrected chi connectivity index (χ0v) is 9.16. The van der Waals surface area contributed by atoms with Gasteiger partial charge in [0.2, 0.25) is 0 Å². The van der Waals surface area contributed by atoms with Crippen molar-refractivity contribution in [1.29, 1.82) is 0 Å². The maximum Gasteiger partial charge on any atom is 0.170 e. The van der Waals surface area contributed by atoms with E-state index >= 15 is 0 Å². The topological polar surface area (TPSA) is 39.2 Å². The van der Waals surface area contributed by atoms with E-state index in [0.29, 0.717) is 22.8 Å². The molecule has 1 saturated carbocycles. The number of furan rings is 1. The molecule has 84 valence electrons. The van der Waals surface area contributed by atoms with Gasteiger partial charge in [0.15, 0.2) is 11.4 Å². The summed E-state index contributed by atoms with van der Waals surface area (Å²) in [5, 5.41) is 0.800. The Labute approximate surface area is 93.2 Å². The van der Waals surface area contributed by atoms with E-state index < -0.39 is 0 Å². The van der Waals surface area contributed by atoms with Crippen molar-refractivity contribution in [2.24, 2.45) is 11.7 Å². The third kappa shape index (κ3) is 1.43. The first-order valence-electron chi connectivity index (χ1n) is 5.61. The molecule has 1 aromatic heterocycles. The Bertz CT molecular complexity index is 542. The number of nitrogens with two attached hydrogens (primary N) is 1. The SMILES string of the molecule is Cc1ccc2cc(C(N)C3CC3)oc2c1F. The molecular formula is C13H14FNO. The van der Waals surface area contributed by atoms with E-state index in [1.165, 1.54) is 0 Å². The zero-order valence-electron chi connectivity index (χ0n) is 9.16. The van der Waals surface area contributed by atoms with Crippen molar-refractivity contribution in [2.45, 2.75) is 25.8 Å². The van der Waals surface area contributed by atoms with Gasteiger partial charge in [0.25, 0.3) is 0 Å². The minimum Gasteiger partial charge on any atom is -0.456 e. The third-order valence-corrected chi connectivity index (χ3v) is 3.30. The molecule has 0 spiro atoms. The molecule has 1 heterocycles. The van der Waals surface area contributed by atoms with Crippen LogP contribution in [0, 0.1) is 18.7 Å². The molecular weight excluding hydrogens is 205 g/mol. The summed E-state index contributed by atoms with van der Waals surface area (Å²) in [6.45, 7) is 1.73. The van der Waals surface area contributed by atoms with E-state index in [2.05, 4.69) is 0 Å². The Morgan fingerprint density at radius 1 is 1.44 bits per heavy atom. The first-order valence-corrected chi connectivity index (χ1v) is 5.61. The molecule has 3 rings (SSSR count). The van der Waals surface area contributed by atoms with Crippen LogP contribution in [0.1, 0.15) is 30.2 Å². The summed E-state index contributed by atoms with van der Waals surface area (Å²) >= 11 is 0. The third-order valence-electron chi connectivity index (χ3n) is 3.30. The quantitative estimate of drug-likeness (QED) is 0.841. The number of halogens is 1. The molecule has 0 amide bonds. The molecule has 1 aliphatic rings. The van der Waals surface area contributed by atoms with Crippen LogP contribution in [0.5, 0.6) is 0 Å². The lowest BCUT2D eigenvalue weighted by molar-refractivity contribution is 0.455. The van der Waals surface area contributed by atoms with Gasteiger partial charge in [-0.25, -0.2) is 4.39 Å². The molecule has 2 N–H and O–H groups in total. The minimum atomic E-state index is -0.272. The van der Waals surface area contributed by atoms with Crippen LogP contribution in [-0.4, -0.2) is 0 Å². The lowest BCUT2D eigenvalue weighted by Crippen LogP contribution is -2.10. The van der Waals surface area contributed by atoms with E-state index in [0.717, 1.165) is 18.2 Å². The summed E-state index contributed by atoms with van der Waals surface area (Å²) in [5.74, 6) is 0.957. The van der Waals surface area contributed by atoms with Crippen LogP contribution in [0.25, 0.3) is 11.0 Å². The fourth-order valence-corrected chi connectivity index (χ4v) is 2.04. The fraction of sp³-hybridized carbons (Fsp3) is 0.385. The predicted octanol–water partition coefficient (Wildman–Crippen LogP) is 3.29. The van der Waals surface area contributed by atoms with Gasteiger partial charge >= 0.3 is 0 Å². The standard InChI is InChI=1S/C13H14FNO/c1-7-2-3-9-6-10(12(15)8-4-5-8)16-13(9)11(7)14/h2-3,6,8,12H,4-5,15H2,1H3. The molecule has 1 atom stereocenters. The maximum absolute atomic E-state index is 13.8. The summed E-state index contributed by atoms with van der Waals surface area (Å²) < 4.78 is 19.3. The molecule has 0 bridgehead atoms. The molecule has 0 aliphatic heterocycles. The molecule has 1 aliphatic carbocycles. The van der Waals surface area contributed by atoms with Gasteiger partial charge in [0, 0.05) is 5.39 Å². The molecule has 0 saturated heterocycles. The van der Waals surface area contributed by atoms with Crippen LogP contribution in [-0.2, 0) is 0 Å². The van der Waals surface area contributed by atoms with Gasteiger partial charge in [-0.05, 0) is 37.3 Å². The summed E-state index contributed by atoms with van der Waals surface area (Å²) in [7, 11) is 0. The second-order valence-electron chi connectivity index (χ2n) is 4.63. The van der Waals surface area contributed by atoms with Crippen LogP contribution in [0.15, 0.2) is 22.6 Å². The average molecular weight is 219 g/mol. The van der Waals surface area contributed by atoms with Crippen molar-refractivity contribution in [3.05, 3.63) is 35.3 Å². The molecule has 1 unspecified atom stereocenters. The van der Waals surface area contributed by atoms with Crippen molar-refractivity contribution in [2.75, 3.05) is 0 Å². The van der Waals surface area contributed by atoms with Crippen molar-refractivity contribution >= 4 is 11.0 Å². The highest BCUT2D eigenvalue weighted by Gasteiger charge is 2.31. The highest BCUT2D eigenvalue weighted by atomic mass is 19.1. The minimum absolute atomic E-state index is 0.0768. The van der Waals surface area contributed by atoms with Gasteiger partial charge in [-0.1, -0.05) is 12.1 Å². The van der Waals surface area contributed by atoms with Gasteiger partial charge in [-0.15, -0.1) is 0 Å². The number of aryl methyl sites for hydroxylation is 1. The largest absolute Gasteiger partial charge is 0.456 e. The van der Waals surface area contributed by atoms with Crippen LogP contribution < -0.4 is 5.73 Å². The van der Waals surface area contributed by atoms with Gasteiger partial charge in [-0.3, -0.25) is 0 Å². The van der Waals surface area contributed by atoms with Crippen molar-refractivity contribution in [1.82, 2.24) is 0 Å². The maximum atomic E-state index is 13.8. The van der Waals surface area contributed by atoms with Crippen molar-refractivity contribution < 1.29 is 8.81 Å². The van der Waals surface area contributed by atoms with E-state index in [9.17, 15) is 4.39 Å². The van der Waals surface area contributed by atoms with E-state index in [1.54, 1.807) is 13.0 Å². The lowest BCUT2D eigenvalue weighted by atomic mass is 10.1. The van der Waals surface area contributed by atoms with Crippen LogP contribution in [0.4, 0.5) is 4.39 Å². The molecule has 2 aromatic rings. The molecule has 16 heavy (non-hydrogen) atoms. The first kappa shape index (κ1) is 9.85. The highest BCUT2D eigenvalue weighted by molar-refractivity contribution is 5.79. The van der Waals surface area contributed by atoms with Gasteiger partial charge in [-0.2, -0.15) is 0 Å². The molecule has 3 heteroatoms. The summed E-state index contributed by atoms with van der Waals surface area (Å²) in [5.41, 5.74) is 6.98. The first-order chi connectivity index (χ1) is 7.66. The number of benzene rings is 1. The Morgan fingerprint density at radius 3 is 2.88 bits per heavy atom. The van der Waals surface area contributed by atoms with Crippen molar-refractivity contribution in [3.8, 4) is 0 Å². The predicted molar refractivity (Wildman–Crippen MR) is 60.6 cm³/mol. The average Bonchev–Trinajstić information content (AvgIpc) is 3.02. The highest BCUT2D eigenvalue weighted by Crippen LogP contribution is 2.41. The van der Waals surface area contributed by atoms with Crippen molar-refractivity contribution in [3.63, 3.8) is 0 Å². The van der Waals surface area contributed by atoms with Gasteiger partial charge in [0.1, 0.15) is 5.76 Å². The van der Waals surface area contributed by atoms with E-state index in [-0.39, 0.29) is 11.9 Å². The number of hydrogen-bond donors (Lipinski definition) is 1. The fourth-order valence-electron chi connectivity index (χ4n) is 2.04. The number of hydrogen-bond acceptors (Lipinski definition) is 2. The van der Waals surface area contributed by atoms with Crippen LogP contribution >= 0.6 is 0 Å². The van der Waals surface area contributed by atoms with Crippen LogP contribution in [0.2, 0.25) is 0 Å². The second-order valence-corrected chi connectivity index (χ2v) is 4.63. The molecule has 1 fully saturated rings. The molecule has 0 radical (unpaired) electrons. The Hall–Kier alpha value is -1.35.